The number of ketones is 1. The van der Waals surface area contributed by atoms with Crippen molar-refractivity contribution in [3.63, 3.8) is 0 Å². The summed E-state index contributed by atoms with van der Waals surface area (Å²) in [5.41, 5.74) is 0.201. The van der Waals surface area contributed by atoms with Crippen LogP contribution >= 0.6 is 11.3 Å². The molecule has 0 saturated heterocycles. The lowest BCUT2D eigenvalue weighted by atomic mass is 10.3. The van der Waals surface area contributed by atoms with E-state index in [1.54, 1.807) is 25.1 Å². The van der Waals surface area contributed by atoms with E-state index >= 15 is 0 Å². The van der Waals surface area contributed by atoms with E-state index in [4.69, 9.17) is 8.94 Å². The third-order valence-corrected chi connectivity index (χ3v) is 4.42. The van der Waals surface area contributed by atoms with E-state index < -0.39 is 0 Å². The molecule has 0 aliphatic carbocycles. The van der Waals surface area contributed by atoms with E-state index in [2.05, 4.69) is 10.5 Å². The van der Waals surface area contributed by atoms with Crippen LogP contribution in [0.3, 0.4) is 0 Å². The van der Waals surface area contributed by atoms with E-state index in [9.17, 15) is 9.59 Å². The van der Waals surface area contributed by atoms with Crippen LogP contribution in [-0.2, 0) is 6.42 Å². The minimum atomic E-state index is -0.310. The van der Waals surface area contributed by atoms with Crippen molar-refractivity contribution in [2.45, 2.75) is 13.3 Å². The number of rotatable bonds is 6. The second-order valence-electron chi connectivity index (χ2n) is 4.88. The molecule has 0 saturated carbocycles. The number of carbonyl (C=O) groups excluding carboxylic acids is 2. The number of furan rings is 1. The largest absolute Gasteiger partial charge is 0.461 e. The van der Waals surface area contributed by atoms with Gasteiger partial charge in [-0.2, -0.15) is 0 Å². The maximum absolute atomic E-state index is 12.0. The molecule has 3 rings (SSSR count). The van der Waals surface area contributed by atoms with Crippen molar-refractivity contribution in [2.24, 2.45) is 0 Å². The summed E-state index contributed by atoms with van der Waals surface area (Å²) in [7, 11) is 0. The van der Waals surface area contributed by atoms with Gasteiger partial charge in [0.15, 0.2) is 17.2 Å². The lowest BCUT2D eigenvalue weighted by molar-refractivity contribution is 0.0944. The Bertz CT molecular complexity index is 817. The van der Waals surface area contributed by atoms with Gasteiger partial charge in [-0.1, -0.05) is 5.16 Å². The van der Waals surface area contributed by atoms with Crippen molar-refractivity contribution in [1.82, 2.24) is 10.5 Å². The normalized spacial score (nSPS) is 10.7. The monoisotopic (exact) mass is 330 g/mol. The number of aromatic nitrogens is 1. The van der Waals surface area contributed by atoms with Gasteiger partial charge in [-0.25, -0.2) is 0 Å². The SMILES string of the molecule is CC(=O)c1ccc(CCNC(=O)c2cc(-c3ccco3)on2)s1. The van der Waals surface area contributed by atoms with E-state index in [0.717, 1.165) is 9.75 Å². The first kappa shape index (κ1) is 15.2. The van der Waals surface area contributed by atoms with Crippen molar-refractivity contribution in [3.05, 3.63) is 52.0 Å². The fraction of sp³-hybridized carbons (Fsp3) is 0.188. The first-order valence-electron chi connectivity index (χ1n) is 7.02. The summed E-state index contributed by atoms with van der Waals surface area (Å²) < 4.78 is 10.3. The summed E-state index contributed by atoms with van der Waals surface area (Å²) in [5.74, 6) is 0.671. The van der Waals surface area contributed by atoms with Gasteiger partial charge >= 0.3 is 0 Å². The molecule has 0 atom stereocenters. The molecule has 0 unspecified atom stereocenters. The van der Waals surface area contributed by atoms with Crippen molar-refractivity contribution < 1.29 is 18.5 Å². The Morgan fingerprint density at radius 1 is 1.26 bits per heavy atom. The van der Waals surface area contributed by atoms with E-state index in [0.29, 0.717) is 24.5 Å². The van der Waals surface area contributed by atoms with Gasteiger partial charge in [0.05, 0.1) is 11.1 Å². The second-order valence-corrected chi connectivity index (χ2v) is 6.05. The smallest absolute Gasteiger partial charge is 0.273 e. The predicted molar refractivity (Wildman–Crippen MR) is 84.6 cm³/mol. The molecule has 0 fully saturated rings. The summed E-state index contributed by atoms with van der Waals surface area (Å²) in [6, 6.07) is 8.70. The zero-order chi connectivity index (χ0) is 16.2. The average molecular weight is 330 g/mol. The summed E-state index contributed by atoms with van der Waals surface area (Å²) >= 11 is 1.44. The molecule has 118 valence electrons. The van der Waals surface area contributed by atoms with Gasteiger partial charge in [0, 0.05) is 17.5 Å². The third kappa shape index (κ3) is 3.57. The predicted octanol–water partition coefficient (Wildman–Crippen LogP) is 3.17. The molecule has 6 nitrogen and oxygen atoms in total. The maximum atomic E-state index is 12.0. The molecule has 3 aromatic heterocycles. The average Bonchev–Trinajstić information content (AvgIpc) is 3.27. The fourth-order valence-corrected chi connectivity index (χ4v) is 2.91. The van der Waals surface area contributed by atoms with Gasteiger partial charge in [-0.05, 0) is 37.6 Å². The Morgan fingerprint density at radius 2 is 2.13 bits per heavy atom. The number of hydrogen-bond donors (Lipinski definition) is 1. The van der Waals surface area contributed by atoms with Gasteiger partial charge < -0.3 is 14.3 Å². The Hall–Kier alpha value is -2.67. The molecule has 1 amide bonds. The van der Waals surface area contributed by atoms with Crippen LogP contribution in [0.25, 0.3) is 11.5 Å². The number of thiophene rings is 1. The topological polar surface area (TPSA) is 85.3 Å². The molecule has 0 bridgehead atoms. The molecule has 0 aliphatic rings. The van der Waals surface area contributed by atoms with Crippen LogP contribution < -0.4 is 5.32 Å². The number of nitrogens with zero attached hydrogens (tertiary/aromatic N) is 1. The highest BCUT2D eigenvalue weighted by atomic mass is 32.1. The highest BCUT2D eigenvalue weighted by molar-refractivity contribution is 7.14. The molecular formula is C16H14N2O4S. The van der Waals surface area contributed by atoms with Crippen LogP contribution in [-0.4, -0.2) is 23.4 Å². The Balaban J connectivity index is 1.54. The molecule has 0 radical (unpaired) electrons. The molecule has 0 aliphatic heterocycles. The van der Waals surface area contributed by atoms with E-state index in [1.165, 1.54) is 23.7 Å². The molecule has 23 heavy (non-hydrogen) atoms. The van der Waals surface area contributed by atoms with E-state index in [-0.39, 0.29) is 17.4 Å². The quantitative estimate of drug-likeness (QED) is 0.702. The Kier molecular flexibility index (Phi) is 4.38. The van der Waals surface area contributed by atoms with Crippen molar-refractivity contribution in [3.8, 4) is 11.5 Å². The van der Waals surface area contributed by atoms with Gasteiger partial charge in [-0.15, -0.1) is 11.3 Å². The Morgan fingerprint density at radius 3 is 2.83 bits per heavy atom. The van der Waals surface area contributed by atoms with Gasteiger partial charge in [0.2, 0.25) is 5.76 Å². The highest BCUT2D eigenvalue weighted by Gasteiger charge is 2.14. The maximum Gasteiger partial charge on any atom is 0.273 e. The van der Waals surface area contributed by atoms with Gasteiger partial charge in [-0.3, -0.25) is 9.59 Å². The fourth-order valence-electron chi connectivity index (χ4n) is 2.01. The Labute approximate surface area is 136 Å². The number of nitrogens with one attached hydrogen (secondary N) is 1. The summed E-state index contributed by atoms with van der Waals surface area (Å²) in [5, 5.41) is 6.51. The first-order chi connectivity index (χ1) is 11.1. The van der Waals surface area contributed by atoms with Gasteiger partial charge in [0.1, 0.15) is 0 Å². The second kappa shape index (κ2) is 6.62. The molecule has 0 aromatic carbocycles. The zero-order valence-electron chi connectivity index (χ0n) is 12.4. The minimum Gasteiger partial charge on any atom is -0.461 e. The number of hydrogen-bond acceptors (Lipinski definition) is 6. The summed E-state index contributed by atoms with van der Waals surface area (Å²) in [4.78, 5) is 25.0. The summed E-state index contributed by atoms with van der Waals surface area (Å²) in [6.07, 6.45) is 2.18. The van der Waals surface area contributed by atoms with Crippen LogP contribution in [0.5, 0.6) is 0 Å². The van der Waals surface area contributed by atoms with Crippen LogP contribution in [0, 0.1) is 0 Å². The van der Waals surface area contributed by atoms with E-state index in [1.807, 2.05) is 6.07 Å². The van der Waals surface area contributed by atoms with Crippen LogP contribution in [0.15, 0.2) is 45.5 Å². The number of amides is 1. The molecule has 0 spiro atoms. The first-order valence-corrected chi connectivity index (χ1v) is 7.83. The minimum absolute atomic E-state index is 0.0540. The lowest BCUT2D eigenvalue weighted by Crippen LogP contribution is -2.25. The number of Topliss-reactive ketones (excluding diaryl/α,β-unsaturated/α-hetero) is 1. The molecule has 3 heterocycles. The third-order valence-electron chi connectivity index (χ3n) is 3.17. The van der Waals surface area contributed by atoms with Crippen LogP contribution in [0.4, 0.5) is 0 Å². The standard InChI is InChI=1S/C16H14N2O4S/c1-10(19)15-5-4-11(23-15)6-7-17-16(20)12-9-14(22-18-12)13-3-2-8-21-13/h2-5,8-9H,6-7H2,1H3,(H,17,20). The summed E-state index contributed by atoms with van der Waals surface area (Å²) in [6.45, 7) is 2.00. The van der Waals surface area contributed by atoms with Crippen molar-refractivity contribution in [2.75, 3.05) is 6.54 Å². The molecule has 1 N–H and O–H groups in total. The number of carbonyl (C=O) groups is 2. The van der Waals surface area contributed by atoms with Gasteiger partial charge in [0.25, 0.3) is 5.91 Å². The molecule has 3 aromatic rings. The lowest BCUT2D eigenvalue weighted by Gasteiger charge is -2.00. The molecular weight excluding hydrogens is 316 g/mol. The highest BCUT2D eigenvalue weighted by Crippen LogP contribution is 2.20. The molecule has 7 heteroatoms. The van der Waals surface area contributed by atoms with Crippen LogP contribution in [0.2, 0.25) is 0 Å². The van der Waals surface area contributed by atoms with Crippen molar-refractivity contribution in [1.29, 1.82) is 0 Å². The zero-order valence-corrected chi connectivity index (χ0v) is 13.2. The van der Waals surface area contributed by atoms with Crippen LogP contribution in [0.1, 0.15) is 32.0 Å². The van der Waals surface area contributed by atoms with Crippen molar-refractivity contribution >= 4 is 23.0 Å².